The molecular weight excluding hydrogens is 240 g/mol. The summed E-state index contributed by atoms with van der Waals surface area (Å²) in [6.07, 6.45) is 3.74. The van der Waals surface area contributed by atoms with Gasteiger partial charge in [0.05, 0.1) is 12.9 Å². The molecule has 6 heteroatoms. The van der Waals surface area contributed by atoms with E-state index in [0.717, 1.165) is 0 Å². The molecule has 0 atom stereocenters. The molecule has 2 aromatic rings. The lowest BCUT2D eigenvalue weighted by Crippen LogP contribution is -1.99. The monoisotopic (exact) mass is 252 g/mol. The Bertz CT molecular complexity index is 565. The van der Waals surface area contributed by atoms with E-state index in [1.54, 1.807) is 28.4 Å². The molecule has 0 aliphatic carbocycles. The molecule has 0 amide bonds. The van der Waals surface area contributed by atoms with E-state index in [2.05, 4.69) is 4.98 Å². The summed E-state index contributed by atoms with van der Waals surface area (Å²) in [5.41, 5.74) is 0.540. The number of carboxylic acid groups (broad SMARTS) is 1. The van der Waals surface area contributed by atoms with E-state index >= 15 is 0 Å². The van der Waals surface area contributed by atoms with Crippen molar-refractivity contribution in [3.63, 3.8) is 0 Å². The van der Waals surface area contributed by atoms with Crippen LogP contribution < -0.4 is 4.74 Å². The van der Waals surface area contributed by atoms with Crippen LogP contribution in [-0.2, 0) is 5.75 Å². The zero-order valence-electron chi connectivity index (χ0n) is 9.51. The lowest BCUT2D eigenvalue weighted by atomic mass is 10.3. The van der Waals surface area contributed by atoms with Crippen molar-refractivity contribution in [2.75, 3.05) is 13.4 Å². The Labute approximate surface area is 102 Å². The Balaban J connectivity index is 2.76. The number of imidazole rings is 1. The van der Waals surface area contributed by atoms with Crippen LogP contribution in [0.5, 0.6) is 5.75 Å². The van der Waals surface area contributed by atoms with E-state index in [9.17, 15) is 4.79 Å². The Morgan fingerprint density at radius 3 is 3.00 bits per heavy atom. The SMILES string of the molecule is COc1cccn2c(CSC)nc(C(=O)O)c12. The zero-order chi connectivity index (χ0) is 12.4. The summed E-state index contributed by atoms with van der Waals surface area (Å²) < 4.78 is 6.94. The van der Waals surface area contributed by atoms with Gasteiger partial charge < -0.3 is 9.84 Å². The number of carboxylic acids is 1. The number of methoxy groups -OCH3 is 1. The van der Waals surface area contributed by atoms with Gasteiger partial charge in [-0.25, -0.2) is 9.78 Å². The number of aromatic carboxylic acids is 1. The van der Waals surface area contributed by atoms with Gasteiger partial charge in [0.25, 0.3) is 0 Å². The third-order valence-corrected chi connectivity index (χ3v) is 2.94. The van der Waals surface area contributed by atoms with E-state index in [4.69, 9.17) is 9.84 Å². The molecule has 2 rings (SSSR count). The van der Waals surface area contributed by atoms with Crippen molar-refractivity contribution in [3.8, 4) is 5.75 Å². The van der Waals surface area contributed by atoms with Crippen molar-refractivity contribution in [3.05, 3.63) is 29.8 Å². The molecule has 0 saturated carbocycles. The van der Waals surface area contributed by atoms with Crippen LogP contribution >= 0.6 is 11.8 Å². The summed E-state index contributed by atoms with van der Waals surface area (Å²) in [5.74, 6) is 0.842. The predicted octanol–water partition coefficient (Wildman–Crippen LogP) is 1.90. The summed E-state index contributed by atoms with van der Waals surface area (Å²) in [7, 11) is 1.52. The Kier molecular flexibility index (Phi) is 3.23. The number of ether oxygens (including phenoxy) is 1. The Morgan fingerprint density at radius 2 is 2.41 bits per heavy atom. The van der Waals surface area contributed by atoms with Crippen molar-refractivity contribution in [2.45, 2.75) is 5.75 Å². The van der Waals surface area contributed by atoms with Crippen molar-refractivity contribution < 1.29 is 14.6 Å². The first-order chi connectivity index (χ1) is 8.19. The van der Waals surface area contributed by atoms with Gasteiger partial charge in [-0.3, -0.25) is 4.40 Å². The van der Waals surface area contributed by atoms with Crippen molar-refractivity contribution in [1.29, 1.82) is 0 Å². The number of hydrogen-bond donors (Lipinski definition) is 1. The third kappa shape index (κ3) is 1.95. The van der Waals surface area contributed by atoms with Crippen LogP contribution in [0.1, 0.15) is 16.3 Å². The molecule has 2 aromatic heterocycles. The molecule has 0 bridgehead atoms. The molecule has 17 heavy (non-hydrogen) atoms. The third-order valence-electron chi connectivity index (χ3n) is 2.40. The van der Waals surface area contributed by atoms with Crippen LogP contribution in [0.4, 0.5) is 0 Å². The van der Waals surface area contributed by atoms with E-state index in [0.29, 0.717) is 22.8 Å². The van der Waals surface area contributed by atoms with Gasteiger partial charge in [-0.1, -0.05) is 0 Å². The molecule has 0 spiro atoms. The molecular formula is C11H12N2O3S. The largest absolute Gasteiger partial charge is 0.494 e. The van der Waals surface area contributed by atoms with E-state index in [-0.39, 0.29) is 5.69 Å². The number of carbonyl (C=O) groups is 1. The highest BCUT2D eigenvalue weighted by Crippen LogP contribution is 2.25. The number of aromatic nitrogens is 2. The lowest BCUT2D eigenvalue weighted by molar-refractivity contribution is 0.0693. The van der Waals surface area contributed by atoms with Gasteiger partial charge in [-0.15, -0.1) is 0 Å². The van der Waals surface area contributed by atoms with Gasteiger partial charge in [-0.2, -0.15) is 11.8 Å². The fourth-order valence-corrected chi connectivity index (χ4v) is 2.18. The molecule has 2 heterocycles. The first kappa shape index (κ1) is 11.8. The number of nitrogens with zero attached hydrogens (tertiary/aromatic N) is 2. The van der Waals surface area contributed by atoms with Crippen LogP contribution in [0, 0.1) is 0 Å². The van der Waals surface area contributed by atoms with Crippen LogP contribution in [0.25, 0.3) is 5.52 Å². The molecule has 0 saturated heterocycles. The minimum Gasteiger partial charge on any atom is -0.494 e. The van der Waals surface area contributed by atoms with Gasteiger partial charge in [0.2, 0.25) is 0 Å². The predicted molar refractivity (Wildman–Crippen MR) is 65.9 cm³/mol. The second kappa shape index (κ2) is 4.67. The molecule has 0 unspecified atom stereocenters. The smallest absolute Gasteiger partial charge is 0.356 e. The fourth-order valence-electron chi connectivity index (χ4n) is 1.72. The highest BCUT2D eigenvalue weighted by atomic mass is 32.2. The van der Waals surface area contributed by atoms with Gasteiger partial charge in [0, 0.05) is 6.20 Å². The van der Waals surface area contributed by atoms with Crippen LogP contribution in [0.3, 0.4) is 0 Å². The normalized spacial score (nSPS) is 10.7. The van der Waals surface area contributed by atoms with E-state index in [1.807, 2.05) is 12.3 Å². The average Bonchev–Trinajstić information content (AvgIpc) is 2.69. The lowest BCUT2D eigenvalue weighted by Gasteiger charge is -2.04. The fraction of sp³-hybridized carbons (Fsp3) is 0.273. The van der Waals surface area contributed by atoms with Crippen molar-refractivity contribution in [2.24, 2.45) is 0 Å². The maximum Gasteiger partial charge on any atom is 0.356 e. The zero-order valence-corrected chi connectivity index (χ0v) is 10.3. The topological polar surface area (TPSA) is 63.8 Å². The van der Waals surface area contributed by atoms with Gasteiger partial charge in [0.1, 0.15) is 17.1 Å². The minimum absolute atomic E-state index is 0.0338. The second-order valence-corrected chi connectivity index (χ2v) is 4.28. The highest BCUT2D eigenvalue weighted by molar-refractivity contribution is 7.97. The second-order valence-electron chi connectivity index (χ2n) is 3.41. The number of rotatable bonds is 4. The molecule has 0 fully saturated rings. The standard InChI is InChI=1S/C11H12N2O3S/c1-16-7-4-3-5-13-8(6-17-2)12-9(10(7)13)11(14)15/h3-5H,6H2,1-2H3,(H,14,15). The summed E-state index contributed by atoms with van der Waals surface area (Å²) in [4.78, 5) is 15.3. The maximum absolute atomic E-state index is 11.2. The first-order valence-corrected chi connectivity index (χ1v) is 6.34. The average molecular weight is 252 g/mol. The highest BCUT2D eigenvalue weighted by Gasteiger charge is 2.19. The van der Waals surface area contributed by atoms with E-state index in [1.165, 1.54) is 7.11 Å². The van der Waals surface area contributed by atoms with Crippen molar-refractivity contribution in [1.82, 2.24) is 9.38 Å². The molecule has 5 nitrogen and oxygen atoms in total. The van der Waals surface area contributed by atoms with Crippen LogP contribution in [-0.4, -0.2) is 33.8 Å². The Morgan fingerprint density at radius 1 is 1.65 bits per heavy atom. The summed E-state index contributed by atoms with van der Waals surface area (Å²) in [5, 5.41) is 9.15. The summed E-state index contributed by atoms with van der Waals surface area (Å²) in [6.45, 7) is 0. The number of hydrogen-bond acceptors (Lipinski definition) is 4. The van der Waals surface area contributed by atoms with Gasteiger partial charge >= 0.3 is 5.97 Å². The van der Waals surface area contributed by atoms with E-state index < -0.39 is 5.97 Å². The first-order valence-electron chi connectivity index (χ1n) is 4.95. The molecule has 0 aliphatic heterocycles. The van der Waals surface area contributed by atoms with Crippen LogP contribution in [0.15, 0.2) is 18.3 Å². The molecule has 90 valence electrons. The summed E-state index contributed by atoms with van der Waals surface area (Å²) in [6, 6.07) is 3.54. The maximum atomic E-state index is 11.2. The molecule has 0 aliphatic rings. The summed E-state index contributed by atoms with van der Waals surface area (Å²) >= 11 is 1.59. The Hall–Kier alpha value is -1.69. The number of fused-ring (bicyclic) bond motifs is 1. The quantitative estimate of drug-likeness (QED) is 0.900. The number of thioether (sulfide) groups is 1. The van der Waals surface area contributed by atoms with Gasteiger partial charge in [0.15, 0.2) is 5.69 Å². The molecule has 0 aromatic carbocycles. The van der Waals surface area contributed by atoms with Crippen LogP contribution in [0.2, 0.25) is 0 Å². The van der Waals surface area contributed by atoms with Gasteiger partial charge in [-0.05, 0) is 18.4 Å². The molecule has 1 N–H and O–H groups in total. The minimum atomic E-state index is -1.04. The van der Waals surface area contributed by atoms with Crippen molar-refractivity contribution >= 4 is 23.2 Å². The molecule has 0 radical (unpaired) electrons. The number of pyridine rings is 1.